The van der Waals surface area contributed by atoms with Crippen molar-refractivity contribution in [2.45, 2.75) is 6.54 Å². The lowest BCUT2D eigenvalue weighted by atomic mass is 10.0. The summed E-state index contributed by atoms with van der Waals surface area (Å²) in [7, 11) is 1.51. The van der Waals surface area contributed by atoms with Crippen molar-refractivity contribution in [3.05, 3.63) is 22.7 Å². The molecule has 0 aromatic heterocycles. The van der Waals surface area contributed by atoms with E-state index in [1.807, 2.05) is 6.07 Å². The Balaban J connectivity index is 0.000000878. The molecule has 0 radical (unpaired) electrons. The average molecular weight is 417 g/mol. The van der Waals surface area contributed by atoms with Gasteiger partial charge in [-0.15, -0.1) is 0 Å². The summed E-state index contributed by atoms with van der Waals surface area (Å²) < 4.78 is 10.6. The number of hydrogen-bond acceptors (Lipinski definition) is 7. The monoisotopic (exact) mass is 416 g/mol. The molecule has 9 nitrogen and oxygen atoms in total. The zero-order chi connectivity index (χ0) is 20.9. The fraction of sp³-hybridized carbons (Fsp3) is 0.556. The van der Waals surface area contributed by atoms with Crippen molar-refractivity contribution in [3.8, 4) is 11.5 Å². The van der Waals surface area contributed by atoms with Gasteiger partial charge in [0.25, 0.3) is 12.4 Å². The molecule has 1 saturated carbocycles. The predicted molar refractivity (Wildman–Crippen MR) is 100 cm³/mol. The number of rotatable bonds is 8. The van der Waals surface area contributed by atoms with Gasteiger partial charge in [0.15, 0.2) is 18.1 Å². The van der Waals surface area contributed by atoms with Gasteiger partial charge >= 0.3 is 0 Å². The SMILES string of the molecule is COc1cc(CN2CC3C(C2)C3(CO)CO)cc(Cl)c1OCC(N)=O.O=CO. The summed E-state index contributed by atoms with van der Waals surface area (Å²) in [6, 6.07) is 3.62. The van der Waals surface area contributed by atoms with Gasteiger partial charge in [0.1, 0.15) is 0 Å². The Hall–Kier alpha value is -2.07. The fourth-order valence-electron chi connectivity index (χ4n) is 3.97. The Morgan fingerprint density at radius 1 is 1.36 bits per heavy atom. The van der Waals surface area contributed by atoms with Crippen LogP contribution in [-0.4, -0.2) is 72.6 Å². The third-order valence-electron chi connectivity index (χ3n) is 5.41. The third kappa shape index (κ3) is 4.49. The first kappa shape index (κ1) is 22.2. The van der Waals surface area contributed by atoms with Gasteiger partial charge in [-0.05, 0) is 29.5 Å². The van der Waals surface area contributed by atoms with Crippen LogP contribution in [0.15, 0.2) is 12.1 Å². The van der Waals surface area contributed by atoms with E-state index in [2.05, 4.69) is 4.90 Å². The molecule has 2 fully saturated rings. The summed E-state index contributed by atoms with van der Waals surface area (Å²) in [5.74, 6) is 0.856. The number of likely N-dealkylation sites (tertiary alicyclic amines) is 1. The normalized spacial score (nSPS) is 21.9. The van der Waals surface area contributed by atoms with Crippen molar-refractivity contribution in [2.24, 2.45) is 23.0 Å². The minimum atomic E-state index is -0.588. The molecule has 2 aliphatic rings. The summed E-state index contributed by atoms with van der Waals surface area (Å²) in [5, 5.41) is 26.3. The standard InChI is InChI=1S/C17H23ClN2O5.CH2O2/c1-24-14-3-10(2-13(18)16(14)25-7-15(19)23)4-20-5-11-12(6-20)17(11,8-21)9-22;2-1-3/h2-3,11-12,21-22H,4-9H2,1H3,(H2,19,23);1H,(H,2,3). The molecule has 28 heavy (non-hydrogen) atoms. The maximum atomic E-state index is 10.9. The summed E-state index contributed by atoms with van der Waals surface area (Å²) in [5.41, 5.74) is 5.77. The lowest BCUT2D eigenvalue weighted by Crippen LogP contribution is -2.31. The highest BCUT2D eigenvalue weighted by Crippen LogP contribution is 2.62. The molecule has 5 N–H and O–H groups in total. The number of amides is 1. The van der Waals surface area contributed by atoms with Crippen molar-refractivity contribution >= 4 is 24.0 Å². The maximum Gasteiger partial charge on any atom is 0.290 e. The van der Waals surface area contributed by atoms with E-state index >= 15 is 0 Å². The second-order valence-corrected chi connectivity index (χ2v) is 7.33. The smallest absolute Gasteiger partial charge is 0.290 e. The summed E-state index contributed by atoms with van der Waals surface area (Å²) in [6.45, 7) is 1.93. The van der Waals surface area contributed by atoms with E-state index in [4.69, 9.17) is 36.7 Å². The molecule has 1 aromatic rings. The largest absolute Gasteiger partial charge is 0.493 e. The van der Waals surface area contributed by atoms with Crippen molar-refractivity contribution < 1.29 is 34.4 Å². The van der Waals surface area contributed by atoms with Gasteiger partial charge in [-0.1, -0.05) is 11.6 Å². The van der Waals surface area contributed by atoms with Crippen LogP contribution in [-0.2, 0) is 16.1 Å². The number of ether oxygens (including phenoxy) is 2. The number of halogens is 1. The molecule has 1 aromatic carbocycles. The lowest BCUT2D eigenvalue weighted by Gasteiger charge is -2.24. The quantitative estimate of drug-likeness (QED) is 0.432. The van der Waals surface area contributed by atoms with Gasteiger partial charge < -0.3 is 30.5 Å². The Morgan fingerprint density at radius 3 is 2.39 bits per heavy atom. The Bertz CT molecular complexity index is 697. The number of piperidine rings is 1. The van der Waals surface area contributed by atoms with E-state index in [0.29, 0.717) is 34.9 Å². The minimum Gasteiger partial charge on any atom is -0.493 e. The number of fused-ring (bicyclic) bond motifs is 1. The van der Waals surface area contributed by atoms with Gasteiger partial charge in [0.05, 0.1) is 25.3 Å². The highest BCUT2D eigenvalue weighted by molar-refractivity contribution is 6.32. The van der Waals surface area contributed by atoms with Crippen molar-refractivity contribution in [1.29, 1.82) is 0 Å². The second kappa shape index (κ2) is 9.42. The van der Waals surface area contributed by atoms with Crippen LogP contribution in [0.25, 0.3) is 0 Å². The Kier molecular flexibility index (Phi) is 7.48. The Labute approximate surface area is 167 Å². The maximum absolute atomic E-state index is 10.9. The highest BCUT2D eigenvalue weighted by atomic mass is 35.5. The van der Waals surface area contributed by atoms with Crippen LogP contribution >= 0.6 is 11.6 Å². The number of carbonyl (C=O) groups excluding carboxylic acids is 1. The van der Waals surface area contributed by atoms with Crippen LogP contribution in [0.2, 0.25) is 5.02 Å². The molecular weight excluding hydrogens is 392 g/mol. The molecule has 10 heteroatoms. The number of nitrogens with zero attached hydrogens (tertiary/aromatic N) is 1. The molecule has 2 unspecified atom stereocenters. The van der Waals surface area contributed by atoms with Gasteiger partial charge in [0.2, 0.25) is 0 Å². The topological polar surface area (TPSA) is 143 Å². The number of hydrogen-bond donors (Lipinski definition) is 4. The molecular formula is C18H25ClN2O7. The third-order valence-corrected chi connectivity index (χ3v) is 5.69. The molecule has 156 valence electrons. The zero-order valence-corrected chi connectivity index (χ0v) is 16.3. The van der Waals surface area contributed by atoms with Crippen molar-refractivity contribution in [1.82, 2.24) is 4.90 Å². The van der Waals surface area contributed by atoms with Crippen LogP contribution in [0.3, 0.4) is 0 Å². The van der Waals surface area contributed by atoms with Crippen LogP contribution in [0, 0.1) is 17.3 Å². The number of primary amides is 1. The lowest BCUT2D eigenvalue weighted by molar-refractivity contribution is -0.123. The second-order valence-electron chi connectivity index (χ2n) is 6.93. The minimum absolute atomic E-state index is 0.0399. The van der Waals surface area contributed by atoms with Crippen molar-refractivity contribution in [2.75, 3.05) is 40.0 Å². The molecule has 3 rings (SSSR count). The molecule has 0 spiro atoms. The molecule has 2 atom stereocenters. The van der Waals surface area contributed by atoms with E-state index in [9.17, 15) is 15.0 Å². The number of aliphatic hydroxyl groups excluding tert-OH is 2. The van der Waals surface area contributed by atoms with E-state index in [1.54, 1.807) is 6.07 Å². The first-order chi connectivity index (χ1) is 13.4. The molecule has 0 bridgehead atoms. The zero-order valence-electron chi connectivity index (χ0n) is 15.5. The molecule has 1 heterocycles. The van der Waals surface area contributed by atoms with E-state index in [1.165, 1.54) is 7.11 Å². The van der Waals surface area contributed by atoms with Gasteiger partial charge in [-0.3, -0.25) is 14.5 Å². The molecule has 1 aliphatic heterocycles. The molecule has 1 amide bonds. The summed E-state index contributed by atoms with van der Waals surface area (Å²) >= 11 is 6.27. The number of carbonyl (C=O) groups is 2. The number of carboxylic acid groups (broad SMARTS) is 1. The number of aliphatic hydroxyl groups is 2. The highest BCUT2D eigenvalue weighted by Gasteiger charge is 2.67. The van der Waals surface area contributed by atoms with Crippen LogP contribution in [0.5, 0.6) is 11.5 Å². The Morgan fingerprint density at radius 2 is 1.93 bits per heavy atom. The van der Waals surface area contributed by atoms with Crippen LogP contribution < -0.4 is 15.2 Å². The van der Waals surface area contributed by atoms with Gasteiger partial charge in [-0.25, -0.2) is 0 Å². The van der Waals surface area contributed by atoms with E-state index in [0.717, 1.165) is 18.7 Å². The summed E-state index contributed by atoms with van der Waals surface area (Å²) in [4.78, 5) is 21.5. The van der Waals surface area contributed by atoms with Crippen LogP contribution in [0.4, 0.5) is 0 Å². The molecule has 1 saturated heterocycles. The van der Waals surface area contributed by atoms with E-state index < -0.39 is 5.91 Å². The molecule has 1 aliphatic carbocycles. The number of nitrogens with two attached hydrogens (primary N) is 1. The number of benzene rings is 1. The summed E-state index contributed by atoms with van der Waals surface area (Å²) in [6.07, 6.45) is 0. The van der Waals surface area contributed by atoms with Crippen molar-refractivity contribution in [3.63, 3.8) is 0 Å². The van der Waals surface area contributed by atoms with Crippen LogP contribution in [0.1, 0.15) is 5.56 Å². The predicted octanol–water partition coefficient (Wildman–Crippen LogP) is -0.0539. The van der Waals surface area contributed by atoms with E-state index in [-0.39, 0.29) is 31.7 Å². The fourth-order valence-corrected chi connectivity index (χ4v) is 4.26. The first-order valence-corrected chi connectivity index (χ1v) is 9.04. The van der Waals surface area contributed by atoms with Gasteiger partial charge in [0, 0.05) is 25.0 Å². The first-order valence-electron chi connectivity index (χ1n) is 8.66. The number of methoxy groups -OCH3 is 1. The van der Waals surface area contributed by atoms with Gasteiger partial charge in [-0.2, -0.15) is 0 Å². The average Bonchev–Trinajstić information content (AvgIpc) is 3.02.